The summed E-state index contributed by atoms with van der Waals surface area (Å²) >= 11 is 0. The molecule has 7 nitrogen and oxygen atoms in total. The average Bonchev–Trinajstić information content (AvgIpc) is 2.67. The summed E-state index contributed by atoms with van der Waals surface area (Å²) in [4.78, 5) is 37.0. The molecular formula is C22H30F2N2O5. The normalized spacial score (nSPS) is 18.4. The second-order valence-electron chi connectivity index (χ2n) is 8.87. The van der Waals surface area contributed by atoms with Crippen molar-refractivity contribution >= 4 is 18.0 Å². The van der Waals surface area contributed by atoms with Crippen LogP contribution >= 0.6 is 0 Å². The Morgan fingerprint density at radius 2 is 1.58 bits per heavy atom. The molecule has 1 aromatic rings. The van der Waals surface area contributed by atoms with E-state index < -0.39 is 53.9 Å². The lowest BCUT2D eigenvalue weighted by molar-refractivity contribution is -0.134. The van der Waals surface area contributed by atoms with Crippen molar-refractivity contribution in [2.45, 2.75) is 76.5 Å². The van der Waals surface area contributed by atoms with E-state index in [0.29, 0.717) is 11.1 Å². The Labute approximate surface area is 180 Å². The first kappa shape index (κ1) is 24.6. The molecule has 0 saturated heterocycles. The first-order valence-electron chi connectivity index (χ1n) is 10.2. The number of carbonyl (C=O) groups is 3. The van der Waals surface area contributed by atoms with Crippen molar-refractivity contribution in [1.82, 2.24) is 10.6 Å². The molecule has 0 aliphatic heterocycles. The highest BCUT2D eigenvalue weighted by molar-refractivity contribution is 5.91. The molecule has 1 atom stereocenters. The zero-order valence-electron chi connectivity index (χ0n) is 18.5. The Kier molecular flexibility index (Phi) is 7.28. The van der Waals surface area contributed by atoms with Gasteiger partial charge in [0.05, 0.1) is 18.7 Å². The molecule has 0 bridgehead atoms. The fraction of sp³-hybridized carbons (Fsp3) is 0.591. The molecular weight excluding hydrogens is 410 g/mol. The molecule has 2 amide bonds. The van der Waals surface area contributed by atoms with E-state index in [4.69, 9.17) is 4.74 Å². The van der Waals surface area contributed by atoms with Crippen LogP contribution in [-0.4, -0.2) is 42.1 Å². The molecule has 1 aromatic carbocycles. The van der Waals surface area contributed by atoms with Crippen LogP contribution in [0.25, 0.3) is 0 Å². The molecule has 1 saturated carbocycles. The minimum Gasteiger partial charge on any atom is -0.465 e. The van der Waals surface area contributed by atoms with Crippen LogP contribution in [0, 0.1) is 0 Å². The van der Waals surface area contributed by atoms with Crippen LogP contribution in [0.5, 0.6) is 0 Å². The largest absolute Gasteiger partial charge is 0.465 e. The fourth-order valence-electron chi connectivity index (χ4n) is 3.39. The number of alkyl halides is 2. The summed E-state index contributed by atoms with van der Waals surface area (Å²) < 4.78 is 37.4. The summed E-state index contributed by atoms with van der Waals surface area (Å²) in [7, 11) is 1.28. The number of carbonyl (C=O) groups excluding carboxylic acids is 3. The van der Waals surface area contributed by atoms with Crippen LogP contribution in [0.15, 0.2) is 24.3 Å². The van der Waals surface area contributed by atoms with E-state index in [2.05, 4.69) is 15.4 Å². The average molecular weight is 440 g/mol. The van der Waals surface area contributed by atoms with Crippen LogP contribution < -0.4 is 10.6 Å². The zero-order valence-corrected chi connectivity index (χ0v) is 18.5. The van der Waals surface area contributed by atoms with Gasteiger partial charge in [0.2, 0.25) is 11.8 Å². The minimum absolute atomic E-state index is 0.209. The van der Waals surface area contributed by atoms with E-state index in [9.17, 15) is 23.2 Å². The Balaban J connectivity index is 2.16. The standard InChI is InChI=1S/C22H30F2N2O5/c1-14(15-6-8-16(9-7-15)17(27)30-5)25-18(28)21(10-12-22(23,24)13-11-21)26-19(29)31-20(2,3)4/h6-9,14H,10-13H2,1-5H3,(H,25,28)(H,26,29)/t14-/m0/s1. The van der Waals surface area contributed by atoms with E-state index in [1.165, 1.54) is 7.11 Å². The van der Waals surface area contributed by atoms with E-state index in [1.807, 2.05) is 0 Å². The highest BCUT2D eigenvalue weighted by Crippen LogP contribution is 2.39. The third kappa shape index (κ3) is 6.63. The van der Waals surface area contributed by atoms with Gasteiger partial charge >= 0.3 is 12.1 Å². The molecule has 2 rings (SSSR count). The number of amides is 2. The van der Waals surface area contributed by atoms with Crippen molar-refractivity contribution in [2.24, 2.45) is 0 Å². The van der Waals surface area contributed by atoms with Gasteiger partial charge < -0.3 is 20.1 Å². The van der Waals surface area contributed by atoms with Crippen LogP contribution in [0.4, 0.5) is 13.6 Å². The van der Waals surface area contributed by atoms with E-state index in [1.54, 1.807) is 52.0 Å². The van der Waals surface area contributed by atoms with Crippen LogP contribution in [0.2, 0.25) is 0 Å². The predicted octanol–water partition coefficient (Wildman–Crippen LogP) is 4.12. The second-order valence-corrected chi connectivity index (χ2v) is 8.87. The van der Waals surface area contributed by atoms with E-state index in [-0.39, 0.29) is 12.8 Å². The number of ether oxygens (including phenoxy) is 2. The van der Waals surface area contributed by atoms with Crippen LogP contribution in [-0.2, 0) is 14.3 Å². The lowest BCUT2D eigenvalue weighted by Gasteiger charge is -2.40. The number of methoxy groups -OCH3 is 1. The van der Waals surface area contributed by atoms with Crippen molar-refractivity contribution in [1.29, 1.82) is 0 Å². The number of benzene rings is 1. The van der Waals surface area contributed by atoms with Crippen molar-refractivity contribution in [3.63, 3.8) is 0 Å². The lowest BCUT2D eigenvalue weighted by atomic mass is 9.79. The molecule has 1 aliphatic carbocycles. The second kappa shape index (κ2) is 9.20. The first-order valence-corrected chi connectivity index (χ1v) is 10.2. The molecule has 2 N–H and O–H groups in total. The summed E-state index contributed by atoms with van der Waals surface area (Å²) in [6, 6.07) is 5.98. The summed E-state index contributed by atoms with van der Waals surface area (Å²) in [5.41, 5.74) is -1.23. The lowest BCUT2D eigenvalue weighted by Crippen LogP contribution is -2.62. The highest BCUT2D eigenvalue weighted by Gasteiger charge is 2.49. The quantitative estimate of drug-likeness (QED) is 0.672. The molecule has 172 valence electrons. The zero-order chi connectivity index (χ0) is 23.4. The topological polar surface area (TPSA) is 93.7 Å². The maximum Gasteiger partial charge on any atom is 0.408 e. The van der Waals surface area contributed by atoms with Gasteiger partial charge in [0.1, 0.15) is 11.1 Å². The van der Waals surface area contributed by atoms with Gasteiger partial charge in [-0.25, -0.2) is 18.4 Å². The Bertz CT molecular complexity index is 808. The van der Waals surface area contributed by atoms with Crippen LogP contribution in [0.1, 0.15) is 75.3 Å². The smallest absolute Gasteiger partial charge is 0.408 e. The summed E-state index contributed by atoms with van der Waals surface area (Å²) in [5.74, 6) is -3.92. The third-order valence-electron chi connectivity index (χ3n) is 5.19. The Morgan fingerprint density at radius 3 is 2.06 bits per heavy atom. The third-order valence-corrected chi connectivity index (χ3v) is 5.19. The van der Waals surface area contributed by atoms with E-state index >= 15 is 0 Å². The van der Waals surface area contributed by atoms with Gasteiger partial charge in [0.15, 0.2) is 0 Å². The Morgan fingerprint density at radius 1 is 1.03 bits per heavy atom. The number of alkyl carbamates (subject to hydrolysis) is 1. The Hall–Kier alpha value is -2.71. The van der Waals surface area contributed by atoms with Crippen LogP contribution in [0.3, 0.4) is 0 Å². The molecule has 9 heteroatoms. The van der Waals surface area contributed by atoms with Gasteiger partial charge in [-0.2, -0.15) is 0 Å². The SMILES string of the molecule is COC(=O)c1ccc([C@H](C)NC(=O)C2(NC(=O)OC(C)(C)C)CCC(F)(F)CC2)cc1. The number of rotatable bonds is 5. The van der Waals surface area contributed by atoms with Gasteiger partial charge in [0, 0.05) is 12.8 Å². The number of halogens is 2. The van der Waals surface area contributed by atoms with Crippen molar-refractivity contribution in [2.75, 3.05) is 7.11 Å². The predicted molar refractivity (Wildman–Crippen MR) is 110 cm³/mol. The first-order chi connectivity index (χ1) is 14.3. The molecule has 31 heavy (non-hydrogen) atoms. The maximum absolute atomic E-state index is 13.8. The van der Waals surface area contributed by atoms with Gasteiger partial charge in [-0.3, -0.25) is 4.79 Å². The van der Waals surface area contributed by atoms with Gasteiger partial charge in [-0.1, -0.05) is 12.1 Å². The maximum atomic E-state index is 13.8. The number of hydrogen-bond donors (Lipinski definition) is 2. The van der Waals surface area contributed by atoms with Crippen molar-refractivity contribution < 1.29 is 32.6 Å². The number of nitrogens with one attached hydrogen (secondary N) is 2. The summed E-state index contributed by atoms with van der Waals surface area (Å²) in [6.07, 6.45) is -2.28. The van der Waals surface area contributed by atoms with Gasteiger partial charge in [-0.15, -0.1) is 0 Å². The molecule has 1 fully saturated rings. The molecule has 0 unspecified atom stereocenters. The number of hydrogen-bond acceptors (Lipinski definition) is 5. The van der Waals surface area contributed by atoms with Crippen molar-refractivity contribution in [3.8, 4) is 0 Å². The molecule has 1 aliphatic rings. The minimum atomic E-state index is -2.88. The molecule has 0 radical (unpaired) electrons. The summed E-state index contributed by atoms with van der Waals surface area (Å²) in [6.45, 7) is 6.75. The van der Waals surface area contributed by atoms with Gasteiger partial charge in [0.25, 0.3) is 0 Å². The fourth-order valence-corrected chi connectivity index (χ4v) is 3.39. The molecule has 0 spiro atoms. The number of esters is 1. The molecule has 0 aromatic heterocycles. The van der Waals surface area contributed by atoms with E-state index in [0.717, 1.165) is 0 Å². The monoisotopic (exact) mass is 440 g/mol. The van der Waals surface area contributed by atoms with Crippen molar-refractivity contribution in [3.05, 3.63) is 35.4 Å². The van der Waals surface area contributed by atoms with Gasteiger partial charge in [-0.05, 0) is 58.2 Å². The highest BCUT2D eigenvalue weighted by atomic mass is 19.3. The summed E-state index contributed by atoms with van der Waals surface area (Å²) in [5, 5.41) is 5.34. The molecule has 0 heterocycles.